The molecule has 1 aromatic carbocycles. The monoisotopic (exact) mass is 453 g/mol. The molecule has 0 spiro atoms. The van der Waals surface area contributed by atoms with Crippen molar-refractivity contribution in [1.82, 2.24) is 24.6 Å². The van der Waals surface area contributed by atoms with Crippen LogP contribution in [0, 0.1) is 0 Å². The van der Waals surface area contributed by atoms with E-state index in [1.165, 1.54) is 24.7 Å². The first-order chi connectivity index (χ1) is 14.8. The van der Waals surface area contributed by atoms with Gasteiger partial charge < -0.3 is 18.9 Å². The Morgan fingerprint density at radius 3 is 2.38 bits per heavy atom. The summed E-state index contributed by atoms with van der Waals surface area (Å²) in [5, 5.41) is 12.6. The number of halogens is 3. The van der Waals surface area contributed by atoms with Crippen molar-refractivity contribution in [3.05, 3.63) is 48.4 Å². The number of carbonyl (C=O) groups excluding carboxylic acids is 1. The van der Waals surface area contributed by atoms with E-state index in [9.17, 15) is 27.9 Å². The van der Waals surface area contributed by atoms with Gasteiger partial charge in [-0.05, 0) is 45.0 Å². The lowest BCUT2D eigenvalue weighted by Gasteiger charge is -2.23. The molecule has 0 bridgehead atoms. The lowest BCUT2D eigenvalue weighted by atomic mass is 10.2. The normalized spacial score (nSPS) is 11.9. The predicted octanol–water partition coefficient (Wildman–Crippen LogP) is 4.36. The van der Waals surface area contributed by atoms with Crippen LogP contribution in [0.4, 0.5) is 22.8 Å². The summed E-state index contributed by atoms with van der Waals surface area (Å²) in [4.78, 5) is 31.5. The molecule has 32 heavy (non-hydrogen) atoms. The molecule has 0 unspecified atom stereocenters. The molecule has 0 fully saturated rings. The smallest absolute Gasteiger partial charge is 0.465 e. The molecule has 0 aliphatic heterocycles. The van der Waals surface area contributed by atoms with E-state index in [1.807, 2.05) is 0 Å². The van der Waals surface area contributed by atoms with Gasteiger partial charge in [-0.3, -0.25) is 0 Å². The number of imidazole rings is 1. The standard InChI is InChI=1S/C19H18F3N5O5/c1-18(2,3)31-17(30)27(16(28)29)9-12-8-26(10-23-12)13-6-4-11(5-7-13)14-24-15(32-25-14)19(20,21)22/h4-8,10H,9H2,1-3H3,(H,28,29). The predicted molar refractivity (Wildman–Crippen MR) is 102 cm³/mol. The minimum atomic E-state index is -4.73. The first kappa shape index (κ1) is 22.8. The number of carboxylic acid groups (broad SMARTS) is 1. The minimum absolute atomic E-state index is 0.218. The molecule has 1 N–H and O–H groups in total. The third-order valence-electron chi connectivity index (χ3n) is 3.89. The van der Waals surface area contributed by atoms with Crippen LogP contribution < -0.4 is 0 Å². The van der Waals surface area contributed by atoms with Crippen LogP contribution in [0.25, 0.3) is 17.1 Å². The molecule has 170 valence electrons. The minimum Gasteiger partial charge on any atom is -0.465 e. The fourth-order valence-electron chi connectivity index (χ4n) is 2.51. The largest absolute Gasteiger partial charge is 0.471 e. The van der Waals surface area contributed by atoms with Gasteiger partial charge >= 0.3 is 24.3 Å². The third kappa shape index (κ3) is 5.42. The number of carbonyl (C=O) groups is 2. The molecule has 0 aliphatic carbocycles. The van der Waals surface area contributed by atoms with Gasteiger partial charge in [0.25, 0.3) is 0 Å². The van der Waals surface area contributed by atoms with Crippen molar-refractivity contribution in [2.45, 2.75) is 39.1 Å². The Hall–Kier alpha value is -3.90. The fraction of sp³-hybridized carbons (Fsp3) is 0.316. The molecule has 2 amide bonds. The molecule has 2 heterocycles. The van der Waals surface area contributed by atoms with E-state index in [4.69, 9.17) is 4.74 Å². The van der Waals surface area contributed by atoms with Crippen molar-refractivity contribution in [3.8, 4) is 17.1 Å². The zero-order valence-electron chi connectivity index (χ0n) is 17.1. The summed E-state index contributed by atoms with van der Waals surface area (Å²) in [6.07, 6.45) is -4.35. The molecule has 0 aliphatic rings. The summed E-state index contributed by atoms with van der Waals surface area (Å²) in [7, 11) is 0. The van der Waals surface area contributed by atoms with E-state index in [0.717, 1.165) is 0 Å². The van der Waals surface area contributed by atoms with Crippen molar-refractivity contribution < 1.29 is 37.1 Å². The van der Waals surface area contributed by atoms with Crippen molar-refractivity contribution in [2.24, 2.45) is 0 Å². The summed E-state index contributed by atoms with van der Waals surface area (Å²) in [5.41, 5.74) is 0.280. The van der Waals surface area contributed by atoms with Gasteiger partial charge in [0.1, 0.15) is 5.60 Å². The highest BCUT2D eigenvalue weighted by atomic mass is 19.4. The number of imide groups is 1. The van der Waals surface area contributed by atoms with Crippen LogP contribution in [0.15, 0.2) is 41.3 Å². The van der Waals surface area contributed by atoms with Crippen molar-refractivity contribution in [1.29, 1.82) is 0 Å². The molecule has 2 aromatic heterocycles. The van der Waals surface area contributed by atoms with E-state index in [-0.39, 0.29) is 18.1 Å². The van der Waals surface area contributed by atoms with Crippen molar-refractivity contribution >= 4 is 12.2 Å². The number of alkyl halides is 3. The first-order valence-corrected chi connectivity index (χ1v) is 9.11. The second-order valence-electron chi connectivity index (χ2n) is 7.59. The molecular weight excluding hydrogens is 435 g/mol. The molecular formula is C19H18F3N5O5. The summed E-state index contributed by atoms with van der Waals surface area (Å²) in [6, 6.07) is 6.13. The Morgan fingerprint density at radius 1 is 1.19 bits per heavy atom. The van der Waals surface area contributed by atoms with E-state index < -0.39 is 29.9 Å². The maximum Gasteiger partial charge on any atom is 0.471 e. The quantitative estimate of drug-likeness (QED) is 0.618. The van der Waals surface area contributed by atoms with Gasteiger partial charge in [-0.15, -0.1) is 0 Å². The number of benzene rings is 1. The highest BCUT2D eigenvalue weighted by molar-refractivity contribution is 5.86. The second kappa shape index (κ2) is 8.32. The second-order valence-corrected chi connectivity index (χ2v) is 7.59. The van der Waals surface area contributed by atoms with Gasteiger partial charge in [-0.2, -0.15) is 18.2 Å². The summed E-state index contributed by atoms with van der Waals surface area (Å²) < 4.78 is 48.6. The number of rotatable bonds is 4. The van der Waals surface area contributed by atoms with Gasteiger partial charge in [-0.25, -0.2) is 19.5 Å². The molecule has 3 aromatic rings. The zero-order chi connectivity index (χ0) is 23.7. The Labute approximate surface area is 179 Å². The highest BCUT2D eigenvalue weighted by Gasteiger charge is 2.38. The average molecular weight is 453 g/mol. The fourth-order valence-corrected chi connectivity index (χ4v) is 2.51. The molecule has 13 heteroatoms. The van der Waals surface area contributed by atoms with Gasteiger partial charge in [0.2, 0.25) is 5.82 Å². The number of aromatic nitrogens is 4. The molecule has 0 saturated heterocycles. The summed E-state index contributed by atoms with van der Waals surface area (Å²) in [6.45, 7) is 4.50. The highest BCUT2D eigenvalue weighted by Crippen LogP contribution is 2.29. The average Bonchev–Trinajstić information content (AvgIpc) is 3.34. The Bertz CT molecular complexity index is 1120. The summed E-state index contributed by atoms with van der Waals surface area (Å²) in [5.74, 6) is -1.66. The van der Waals surface area contributed by atoms with Crippen LogP contribution in [-0.2, 0) is 17.5 Å². The number of ether oxygens (including phenoxy) is 1. The van der Waals surface area contributed by atoms with E-state index >= 15 is 0 Å². The van der Waals surface area contributed by atoms with Gasteiger partial charge in [0.15, 0.2) is 0 Å². The number of nitrogens with zero attached hydrogens (tertiary/aromatic N) is 5. The van der Waals surface area contributed by atoms with E-state index in [2.05, 4.69) is 19.6 Å². The van der Waals surface area contributed by atoms with Crippen LogP contribution in [0.5, 0.6) is 0 Å². The summed E-state index contributed by atoms with van der Waals surface area (Å²) >= 11 is 0. The maximum atomic E-state index is 12.6. The number of hydrogen-bond donors (Lipinski definition) is 1. The van der Waals surface area contributed by atoms with Crippen LogP contribution in [0.3, 0.4) is 0 Å². The van der Waals surface area contributed by atoms with Gasteiger partial charge in [0, 0.05) is 17.4 Å². The van der Waals surface area contributed by atoms with Crippen molar-refractivity contribution in [3.63, 3.8) is 0 Å². The molecule has 10 nitrogen and oxygen atoms in total. The third-order valence-corrected chi connectivity index (χ3v) is 3.89. The van der Waals surface area contributed by atoms with Gasteiger partial charge in [0.05, 0.1) is 18.6 Å². The van der Waals surface area contributed by atoms with Crippen LogP contribution in [0.2, 0.25) is 0 Å². The van der Waals surface area contributed by atoms with E-state index in [1.54, 1.807) is 37.5 Å². The lowest BCUT2D eigenvalue weighted by molar-refractivity contribution is -0.159. The number of amides is 2. The van der Waals surface area contributed by atoms with E-state index in [0.29, 0.717) is 16.2 Å². The topological polar surface area (TPSA) is 124 Å². The van der Waals surface area contributed by atoms with Crippen LogP contribution >= 0.6 is 0 Å². The first-order valence-electron chi connectivity index (χ1n) is 9.11. The lowest BCUT2D eigenvalue weighted by Crippen LogP contribution is -2.39. The Kier molecular flexibility index (Phi) is 5.92. The molecule has 3 rings (SSSR count). The number of hydrogen-bond acceptors (Lipinski definition) is 7. The molecule has 0 saturated carbocycles. The molecule has 0 radical (unpaired) electrons. The zero-order valence-corrected chi connectivity index (χ0v) is 17.1. The van der Waals surface area contributed by atoms with Crippen LogP contribution in [-0.4, -0.2) is 47.5 Å². The Morgan fingerprint density at radius 2 is 1.84 bits per heavy atom. The Balaban J connectivity index is 1.74. The van der Waals surface area contributed by atoms with Gasteiger partial charge in [-0.1, -0.05) is 5.16 Å². The SMILES string of the molecule is CC(C)(C)OC(=O)N(Cc1cn(-c2ccc(-c3noc(C(F)(F)F)n3)cc2)cn1)C(=O)O. The van der Waals surface area contributed by atoms with Crippen LogP contribution in [0.1, 0.15) is 32.4 Å². The molecule has 0 atom stereocenters. The van der Waals surface area contributed by atoms with Crippen molar-refractivity contribution in [2.75, 3.05) is 0 Å². The maximum absolute atomic E-state index is 12.6.